The molecule has 0 N–H and O–H groups in total. The molecule has 200 valence electrons. The molecule has 0 saturated carbocycles. The van der Waals surface area contributed by atoms with Crippen LogP contribution in [0.5, 0.6) is 5.75 Å². The zero-order valence-electron chi connectivity index (χ0n) is 21.0. The number of hydrogen-bond acceptors (Lipinski definition) is 6. The van der Waals surface area contributed by atoms with E-state index >= 15 is 0 Å². The van der Waals surface area contributed by atoms with Crippen molar-refractivity contribution in [1.29, 1.82) is 5.26 Å². The van der Waals surface area contributed by atoms with Crippen molar-refractivity contribution >= 4 is 89.2 Å². The van der Waals surface area contributed by atoms with Crippen LogP contribution >= 0.6 is 61.1 Å². The molecule has 0 aliphatic heterocycles. The Hall–Kier alpha value is -3.54. The average Bonchev–Trinajstić information content (AvgIpc) is 3.39. The summed E-state index contributed by atoms with van der Waals surface area (Å²) >= 11 is 7.92. The number of rotatable bonds is 6. The average molecular weight is 827 g/mol. The summed E-state index contributed by atoms with van der Waals surface area (Å²) in [4.78, 5) is 18.3. The molecule has 6 rings (SSSR count). The van der Waals surface area contributed by atoms with Gasteiger partial charge in [0, 0.05) is 15.4 Å². The molecular formula is C31H17BrI2N4O3. The van der Waals surface area contributed by atoms with E-state index in [0.29, 0.717) is 33.6 Å². The Morgan fingerprint density at radius 2 is 1.78 bits per heavy atom. The van der Waals surface area contributed by atoms with Crippen LogP contribution in [-0.2, 0) is 6.61 Å². The minimum absolute atomic E-state index is 0.277. The minimum Gasteiger partial charge on any atom is -0.487 e. The van der Waals surface area contributed by atoms with E-state index in [-0.39, 0.29) is 12.2 Å². The fourth-order valence-electron chi connectivity index (χ4n) is 4.34. The van der Waals surface area contributed by atoms with Crippen LogP contribution < -0.4 is 10.3 Å². The second kappa shape index (κ2) is 11.8. The normalized spacial score (nSPS) is 11.4. The van der Waals surface area contributed by atoms with Gasteiger partial charge in [-0.2, -0.15) is 15.0 Å². The quantitative estimate of drug-likeness (QED) is 0.125. The van der Waals surface area contributed by atoms with E-state index in [1.165, 1.54) is 4.68 Å². The summed E-state index contributed by atoms with van der Waals surface area (Å²) in [5.41, 5.74) is 3.12. The lowest BCUT2D eigenvalue weighted by atomic mass is 10.1. The summed E-state index contributed by atoms with van der Waals surface area (Å²) in [5.74, 6) is 1.45. The van der Waals surface area contributed by atoms with E-state index in [9.17, 15) is 10.1 Å². The number of ether oxygens (including phenoxy) is 1. The Bertz CT molecular complexity index is 2070. The van der Waals surface area contributed by atoms with Gasteiger partial charge in [-0.25, -0.2) is 4.98 Å². The van der Waals surface area contributed by atoms with Gasteiger partial charge in [-0.1, -0.05) is 46.3 Å². The van der Waals surface area contributed by atoms with Crippen LogP contribution in [-0.4, -0.2) is 15.9 Å². The number of nitriles is 1. The maximum absolute atomic E-state index is 13.6. The third-order valence-corrected chi connectivity index (χ3v) is 8.40. The lowest BCUT2D eigenvalue weighted by molar-refractivity contribution is 0.301. The summed E-state index contributed by atoms with van der Waals surface area (Å²) in [6, 6.07) is 28.2. The molecular weight excluding hydrogens is 810 g/mol. The number of para-hydroxylation sites is 1. The molecule has 0 saturated heterocycles. The summed E-state index contributed by atoms with van der Waals surface area (Å²) in [7, 11) is 0. The highest BCUT2D eigenvalue weighted by atomic mass is 127. The molecule has 0 atom stereocenters. The van der Waals surface area contributed by atoms with Gasteiger partial charge in [0.2, 0.25) is 5.82 Å². The van der Waals surface area contributed by atoms with Crippen LogP contribution in [0.2, 0.25) is 0 Å². The predicted molar refractivity (Wildman–Crippen MR) is 179 cm³/mol. The molecule has 10 heteroatoms. The highest BCUT2D eigenvalue weighted by Crippen LogP contribution is 2.31. The van der Waals surface area contributed by atoms with Gasteiger partial charge in [0.15, 0.2) is 5.76 Å². The van der Waals surface area contributed by atoms with Gasteiger partial charge in [0.25, 0.3) is 5.56 Å². The monoisotopic (exact) mass is 826 g/mol. The van der Waals surface area contributed by atoms with Crippen LogP contribution in [0.25, 0.3) is 33.5 Å². The second-order valence-corrected chi connectivity index (χ2v) is 12.2. The number of halogens is 3. The first-order valence-corrected chi connectivity index (χ1v) is 15.2. The smallest absolute Gasteiger partial charge is 0.282 e. The van der Waals surface area contributed by atoms with E-state index < -0.39 is 0 Å². The lowest BCUT2D eigenvalue weighted by Crippen LogP contribution is -2.20. The van der Waals surface area contributed by atoms with Crippen LogP contribution in [0.1, 0.15) is 16.7 Å². The second-order valence-electron chi connectivity index (χ2n) is 8.98. The Balaban J connectivity index is 1.38. The van der Waals surface area contributed by atoms with Crippen molar-refractivity contribution in [2.45, 2.75) is 6.61 Å². The van der Waals surface area contributed by atoms with E-state index in [0.717, 1.165) is 33.9 Å². The van der Waals surface area contributed by atoms with E-state index in [2.05, 4.69) is 72.3 Å². The van der Waals surface area contributed by atoms with Crippen LogP contribution in [0, 0.1) is 18.5 Å². The molecule has 6 aromatic rings. The van der Waals surface area contributed by atoms with Gasteiger partial charge in [0.05, 0.1) is 35.9 Å². The van der Waals surface area contributed by atoms with Crippen LogP contribution in [0.15, 0.2) is 104 Å². The van der Waals surface area contributed by atoms with Crippen LogP contribution in [0.3, 0.4) is 0 Å². The fraction of sp³-hybridized carbons (Fsp3) is 0.0323. The van der Waals surface area contributed by atoms with Crippen molar-refractivity contribution in [1.82, 2.24) is 9.66 Å². The molecule has 7 nitrogen and oxygen atoms in total. The van der Waals surface area contributed by atoms with Crippen molar-refractivity contribution < 1.29 is 9.15 Å². The highest BCUT2D eigenvalue weighted by Gasteiger charge is 2.17. The zero-order chi connectivity index (χ0) is 28.5. The SMILES string of the molecule is N#Cc1ccccc1COc1c(I)cc(C=Nn2c(-c3cc4cc(Br)ccc4o3)nc3ccccc3c2=O)cc1I. The Morgan fingerprint density at radius 3 is 2.59 bits per heavy atom. The standard InChI is InChI=1S/C31H17BrI2N4O3/c32-22-9-10-27-21(13-22)14-28(41-27)30-37-26-8-4-3-7-23(26)31(39)38(30)36-16-18-11-24(33)29(25(34)12-18)40-17-20-6-2-1-5-19(20)15-35/h1-14,16H,17H2. The van der Waals surface area contributed by atoms with Gasteiger partial charge in [-0.05, 0) is 105 Å². The number of aromatic nitrogens is 2. The maximum Gasteiger partial charge on any atom is 0.282 e. The van der Waals surface area contributed by atoms with Gasteiger partial charge < -0.3 is 9.15 Å². The number of hydrogen-bond donors (Lipinski definition) is 0. The number of furan rings is 1. The van der Waals surface area contributed by atoms with Gasteiger partial charge in [-0.3, -0.25) is 4.79 Å². The number of nitrogens with zero attached hydrogens (tertiary/aromatic N) is 4. The first kappa shape index (κ1) is 27.6. The summed E-state index contributed by atoms with van der Waals surface area (Å²) in [6.45, 7) is 0.277. The van der Waals surface area contributed by atoms with Crippen molar-refractivity contribution in [3.8, 4) is 23.4 Å². The van der Waals surface area contributed by atoms with Crippen molar-refractivity contribution in [3.63, 3.8) is 0 Å². The highest BCUT2D eigenvalue weighted by molar-refractivity contribution is 14.1. The van der Waals surface area contributed by atoms with E-state index in [1.54, 1.807) is 30.5 Å². The van der Waals surface area contributed by atoms with Gasteiger partial charge in [0.1, 0.15) is 17.9 Å². The number of fused-ring (bicyclic) bond motifs is 2. The third kappa shape index (κ3) is 5.66. The summed E-state index contributed by atoms with van der Waals surface area (Å²) < 4.78 is 16.1. The molecule has 0 bridgehead atoms. The molecule has 2 heterocycles. The van der Waals surface area contributed by atoms with E-state index in [4.69, 9.17) is 14.1 Å². The molecule has 4 aromatic carbocycles. The Labute approximate surface area is 269 Å². The van der Waals surface area contributed by atoms with Crippen molar-refractivity contribution in [2.75, 3.05) is 0 Å². The van der Waals surface area contributed by atoms with Gasteiger partial charge in [-0.15, -0.1) is 0 Å². The first-order chi connectivity index (χ1) is 19.9. The molecule has 41 heavy (non-hydrogen) atoms. The van der Waals surface area contributed by atoms with Crippen molar-refractivity contribution in [3.05, 3.63) is 124 Å². The Kier molecular flexibility index (Phi) is 7.92. The summed E-state index contributed by atoms with van der Waals surface area (Å²) in [5, 5.41) is 15.3. The molecule has 0 fully saturated rings. The molecule has 0 aliphatic rings. The molecule has 0 radical (unpaired) electrons. The van der Waals surface area contributed by atoms with E-state index in [1.807, 2.05) is 60.7 Å². The molecule has 2 aromatic heterocycles. The number of benzene rings is 4. The Morgan fingerprint density at radius 1 is 1.02 bits per heavy atom. The molecule has 0 amide bonds. The molecule has 0 aliphatic carbocycles. The molecule has 0 spiro atoms. The largest absolute Gasteiger partial charge is 0.487 e. The zero-order valence-corrected chi connectivity index (χ0v) is 26.9. The topological polar surface area (TPSA) is 93.4 Å². The van der Waals surface area contributed by atoms with Gasteiger partial charge >= 0.3 is 0 Å². The fourth-order valence-corrected chi connectivity index (χ4v) is 6.84. The van der Waals surface area contributed by atoms with Crippen molar-refractivity contribution in [2.24, 2.45) is 5.10 Å². The maximum atomic E-state index is 13.6. The lowest BCUT2D eigenvalue weighted by Gasteiger charge is -2.12. The predicted octanol–water partition coefficient (Wildman–Crippen LogP) is 8.11. The van der Waals surface area contributed by atoms with Crippen LogP contribution in [0.4, 0.5) is 0 Å². The first-order valence-electron chi connectivity index (χ1n) is 12.3. The third-order valence-electron chi connectivity index (χ3n) is 6.31. The molecule has 0 unspecified atom stereocenters. The minimum atomic E-state index is -0.302. The summed E-state index contributed by atoms with van der Waals surface area (Å²) in [6.07, 6.45) is 1.62.